The highest BCUT2D eigenvalue weighted by Gasteiger charge is 1.91. The van der Waals surface area contributed by atoms with Crippen molar-refractivity contribution >= 4 is 0 Å². The van der Waals surface area contributed by atoms with E-state index in [0.29, 0.717) is 0 Å². The predicted octanol–water partition coefficient (Wildman–Crippen LogP) is 2.52. The van der Waals surface area contributed by atoms with Gasteiger partial charge in [0.2, 0.25) is 0 Å². The van der Waals surface area contributed by atoms with Crippen LogP contribution in [0.4, 0.5) is 0 Å². The van der Waals surface area contributed by atoms with E-state index in [1.807, 2.05) is 12.1 Å². The van der Waals surface area contributed by atoms with E-state index in [4.69, 9.17) is 0 Å². The van der Waals surface area contributed by atoms with Crippen LogP contribution in [0, 0.1) is 0 Å². The number of nitrogens with one attached hydrogen (secondary N) is 1. The summed E-state index contributed by atoms with van der Waals surface area (Å²) in [5.74, 6) is 0. The van der Waals surface area contributed by atoms with Crippen LogP contribution in [-0.4, -0.2) is 15.2 Å². The predicted molar refractivity (Wildman–Crippen MR) is 74.5 cm³/mol. The van der Waals surface area contributed by atoms with Gasteiger partial charge in [0.1, 0.15) is 0 Å². The number of rotatable bonds is 1. The smallest absolute Gasteiger partial charge is 0.244 e. The summed E-state index contributed by atoms with van der Waals surface area (Å²) >= 11 is 0. The van der Waals surface area contributed by atoms with Gasteiger partial charge in [-0.3, -0.25) is 0 Å². The molecule has 1 N–H and O–H groups in total. The van der Waals surface area contributed by atoms with Gasteiger partial charge in [-0.1, -0.05) is 60.7 Å². The van der Waals surface area contributed by atoms with Crippen LogP contribution in [-0.2, 0) is 0 Å². The molecule has 4 heteroatoms. The van der Waals surface area contributed by atoms with Gasteiger partial charge in [-0.15, -0.1) is 0 Å². The van der Waals surface area contributed by atoms with E-state index in [0.717, 1.165) is 0 Å². The Balaban J connectivity index is 0.000000163. The van der Waals surface area contributed by atoms with Crippen LogP contribution in [0.15, 0.2) is 77.9 Å². The average molecular weight is 251 g/mol. The third-order valence-corrected chi connectivity index (χ3v) is 2.37. The number of aromatic nitrogens is 3. The second-order valence-electron chi connectivity index (χ2n) is 3.71. The highest BCUT2D eigenvalue weighted by molar-refractivity contribution is 5.62. The lowest BCUT2D eigenvalue weighted by atomic mass is 10.1. The lowest BCUT2D eigenvalue weighted by Gasteiger charge is -1.98. The van der Waals surface area contributed by atoms with Crippen LogP contribution in [0.3, 0.4) is 0 Å². The topological polar surface area (TPSA) is 58.6 Å². The van der Waals surface area contributed by atoms with Gasteiger partial charge in [-0.2, -0.15) is 10.1 Å². The van der Waals surface area contributed by atoms with Crippen molar-refractivity contribution in [1.82, 2.24) is 15.2 Å². The molecule has 1 heterocycles. The molecule has 4 nitrogen and oxygen atoms in total. The summed E-state index contributed by atoms with van der Waals surface area (Å²) in [7, 11) is 0. The van der Waals surface area contributed by atoms with Gasteiger partial charge in [-0.05, 0) is 11.1 Å². The Morgan fingerprint density at radius 3 is 1.58 bits per heavy atom. The Hall–Kier alpha value is -2.75. The van der Waals surface area contributed by atoms with Crippen molar-refractivity contribution in [2.75, 3.05) is 0 Å². The fourth-order valence-corrected chi connectivity index (χ4v) is 1.52. The summed E-state index contributed by atoms with van der Waals surface area (Å²) in [5.41, 5.74) is 2.14. The van der Waals surface area contributed by atoms with E-state index in [1.165, 1.54) is 23.5 Å². The molecule has 0 amide bonds. The van der Waals surface area contributed by atoms with E-state index in [2.05, 4.69) is 63.7 Å². The first-order valence-electron chi connectivity index (χ1n) is 5.82. The molecule has 0 atom stereocenters. The molecule has 19 heavy (non-hydrogen) atoms. The zero-order chi connectivity index (χ0) is 13.3. The van der Waals surface area contributed by atoms with Crippen molar-refractivity contribution in [3.63, 3.8) is 0 Å². The molecule has 0 aliphatic heterocycles. The van der Waals surface area contributed by atoms with Crippen molar-refractivity contribution in [3.8, 4) is 11.1 Å². The van der Waals surface area contributed by atoms with Gasteiger partial charge >= 0.3 is 5.69 Å². The van der Waals surface area contributed by atoms with Crippen LogP contribution in [0.25, 0.3) is 11.1 Å². The number of aromatic amines is 1. The monoisotopic (exact) mass is 251 g/mol. The number of hydrogen-bond donors (Lipinski definition) is 1. The lowest BCUT2D eigenvalue weighted by Crippen LogP contribution is -2.08. The fourth-order valence-electron chi connectivity index (χ4n) is 1.52. The zero-order valence-corrected chi connectivity index (χ0v) is 10.2. The number of benzene rings is 2. The van der Waals surface area contributed by atoms with Gasteiger partial charge in [0.05, 0.1) is 12.4 Å². The maximum atomic E-state index is 10.0. The Morgan fingerprint density at radius 2 is 1.26 bits per heavy atom. The normalized spacial score (nSPS) is 9.26. The molecule has 0 bridgehead atoms. The minimum absolute atomic E-state index is 0.414. The SMILES string of the molecule is O=c1nccn[nH]1.c1ccc(-c2ccccc2)cc1. The van der Waals surface area contributed by atoms with Gasteiger partial charge in [0.15, 0.2) is 0 Å². The van der Waals surface area contributed by atoms with Gasteiger partial charge < -0.3 is 0 Å². The third kappa shape index (κ3) is 4.20. The van der Waals surface area contributed by atoms with Gasteiger partial charge in [0.25, 0.3) is 0 Å². The van der Waals surface area contributed by atoms with E-state index in [1.54, 1.807) is 0 Å². The Morgan fingerprint density at radius 1 is 0.737 bits per heavy atom. The first kappa shape index (κ1) is 12.7. The molecule has 0 radical (unpaired) electrons. The van der Waals surface area contributed by atoms with Crippen molar-refractivity contribution in [3.05, 3.63) is 83.5 Å². The molecule has 0 spiro atoms. The van der Waals surface area contributed by atoms with Gasteiger partial charge in [-0.25, -0.2) is 9.89 Å². The fraction of sp³-hybridized carbons (Fsp3) is 0. The molecule has 0 aliphatic rings. The minimum atomic E-state index is -0.414. The van der Waals surface area contributed by atoms with Gasteiger partial charge in [0, 0.05) is 0 Å². The Bertz CT molecular complexity index is 596. The second-order valence-corrected chi connectivity index (χ2v) is 3.71. The second kappa shape index (κ2) is 6.86. The summed E-state index contributed by atoms with van der Waals surface area (Å²) < 4.78 is 0. The summed E-state index contributed by atoms with van der Waals surface area (Å²) in [6.45, 7) is 0. The third-order valence-electron chi connectivity index (χ3n) is 2.37. The van der Waals surface area contributed by atoms with Crippen molar-refractivity contribution in [1.29, 1.82) is 0 Å². The average Bonchev–Trinajstić information content (AvgIpc) is 2.51. The summed E-state index contributed by atoms with van der Waals surface area (Å²) in [6.07, 6.45) is 2.74. The Kier molecular flexibility index (Phi) is 4.58. The standard InChI is InChI=1S/C12H10.C3H3N3O/c1-3-7-11(8-4-1)12-9-5-2-6-10-12;7-3-4-1-2-5-6-3/h1-10H;1-2H,(H,4,6,7). The number of hydrogen-bond acceptors (Lipinski definition) is 3. The first-order valence-corrected chi connectivity index (χ1v) is 5.82. The van der Waals surface area contributed by atoms with Crippen LogP contribution >= 0.6 is 0 Å². The molecular weight excluding hydrogens is 238 g/mol. The van der Waals surface area contributed by atoms with Crippen LogP contribution in [0.1, 0.15) is 0 Å². The number of H-pyrrole nitrogens is 1. The van der Waals surface area contributed by atoms with E-state index in [-0.39, 0.29) is 0 Å². The summed E-state index contributed by atoms with van der Waals surface area (Å²) in [4.78, 5) is 13.3. The van der Waals surface area contributed by atoms with Crippen LogP contribution in [0.5, 0.6) is 0 Å². The molecule has 0 fully saturated rings. The molecule has 1 aromatic heterocycles. The van der Waals surface area contributed by atoms with Crippen molar-refractivity contribution in [2.45, 2.75) is 0 Å². The zero-order valence-electron chi connectivity index (χ0n) is 10.2. The molecule has 2 aromatic carbocycles. The maximum Gasteiger partial charge on any atom is 0.361 e. The van der Waals surface area contributed by atoms with E-state index >= 15 is 0 Å². The maximum absolute atomic E-state index is 10.0. The van der Waals surface area contributed by atoms with Crippen LogP contribution in [0.2, 0.25) is 0 Å². The molecule has 0 saturated carbocycles. The summed E-state index contributed by atoms with van der Waals surface area (Å²) in [6, 6.07) is 20.8. The van der Waals surface area contributed by atoms with E-state index in [9.17, 15) is 4.79 Å². The highest BCUT2D eigenvalue weighted by Crippen LogP contribution is 2.17. The lowest BCUT2D eigenvalue weighted by molar-refractivity contribution is 0.913. The van der Waals surface area contributed by atoms with Crippen molar-refractivity contribution < 1.29 is 0 Å². The van der Waals surface area contributed by atoms with Crippen LogP contribution < -0.4 is 5.69 Å². The van der Waals surface area contributed by atoms with E-state index < -0.39 is 5.69 Å². The summed E-state index contributed by atoms with van der Waals surface area (Å²) in [5, 5.41) is 5.50. The molecule has 0 saturated heterocycles. The quantitative estimate of drug-likeness (QED) is 0.723. The largest absolute Gasteiger partial charge is 0.361 e. The Labute approximate surface area is 110 Å². The highest BCUT2D eigenvalue weighted by atomic mass is 16.1. The molecule has 3 rings (SSSR count). The molecule has 94 valence electrons. The molecule has 0 aliphatic carbocycles. The minimum Gasteiger partial charge on any atom is -0.244 e. The first-order chi connectivity index (χ1) is 9.36. The van der Waals surface area contributed by atoms with Crippen molar-refractivity contribution in [2.24, 2.45) is 0 Å². The molecular formula is C15H13N3O. The molecule has 3 aromatic rings. The number of nitrogens with zero attached hydrogens (tertiary/aromatic N) is 2. The molecule has 0 unspecified atom stereocenters.